The topological polar surface area (TPSA) is 81.1 Å². The van der Waals surface area contributed by atoms with E-state index in [0.29, 0.717) is 6.54 Å². The van der Waals surface area contributed by atoms with Gasteiger partial charge < -0.3 is 16.8 Å². The van der Waals surface area contributed by atoms with E-state index < -0.39 is 11.9 Å². The molecule has 0 heterocycles. The van der Waals surface area contributed by atoms with Crippen molar-refractivity contribution in [2.45, 2.75) is 13.0 Å². The first-order valence-corrected chi connectivity index (χ1v) is 5.35. The second kappa shape index (κ2) is 5.14. The second-order valence-electron chi connectivity index (χ2n) is 3.35. The maximum absolute atomic E-state index is 10.7. The molecule has 0 radical (unpaired) electrons. The van der Waals surface area contributed by atoms with Crippen molar-refractivity contribution in [3.63, 3.8) is 0 Å². The highest BCUT2D eigenvalue weighted by Gasteiger charge is 2.08. The molecule has 5 N–H and O–H groups in total. The molecule has 0 saturated carbocycles. The van der Waals surface area contributed by atoms with Crippen molar-refractivity contribution in [2.75, 3.05) is 11.9 Å². The van der Waals surface area contributed by atoms with Crippen LogP contribution in [0.15, 0.2) is 22.7 Å². The van der Waals surface area contributed by atoms with Crippen molar-refractivity contribution < 1.29 is 4.79 Å². The summed E-state index contributed by atoms with van der Waals surface area (Å²) in [7, 11) is 0. The molecule has 1 unspecified atom stereocenters. The zero-order chi connectivity index (χ0) is 11.4. The fraction of sp³-hybridized carbons (Fsp3) is 0.300. The Morgan fingerprint density at radius 1 is 1.60 bits per heavy atom. The van der Waals surface area contributed by atoms with Crippen molar-refractivity contribution in [3.05, 3.63) is 28.2 Å². The largest absolute Gasteiger partial charge is 0.383 e. The van der Waals surface area contributed by atoms with Crippen LogP contribution in [0, 0.1) is 6.92 Å². The van der Waals surface area contributed by atoms with Crippen LogP contribution in [0.4, 0.5) is 5.69 Å². The van der Waals surface area contributed by atoms with Crippen LogP contribution in [0.5, 0.6) is 0 Å². The van der Waals surface area contributed by atoms with Crippen LogP contribution in [0.1, 0.15) is 5.56 Å². The van der Waals surface area contributed by atoms with E-state index in [4.69, 9.17) is 11.5 Å². The lowest BCUT2D eigenvalue weighted by Gasteiger charge is -2.11. The van der Waals surface area contributed by atoms with Gasteiger partial charge in [0, 0.05) is 16.7 Å². The van der Waals surface area contributed by atoms with E-state index in [9.17, 15) is 4.79 Å². The summed E-state index contributed by atoms with van der Waals surface area (Å²) >= 11 is 3.42. The molecule has 0 aliphatic heterocycles. The lowest BCUT2D eigenvalue weighted by molar-refractivity contribution is -0.118. The molecule has 1 aromatic carbocycles. The van der Waals surface area contributed by atoms with Gasteiger partial charge in [0.1, 0.15) is 6.04 Å². The predicted octanol–water partition coefficient (Wildman–Crippen LogP) is 0.982. The van der Waals surface area contributed by atoms with E-state index in [1.54, 1.807) is 0 Å². The molecule has 82 valence electrons. The smallest absolute Gasteiger partial charge is 0.236 e. The van der Waals surface area contributed by atoms with Crippen LogP contribution in [0.3, 0.4) is 0 Å². The van der Waals surface area contributed by atoms with Crippen LogP contribution < -0.4 is 16.8 Å². The number of nitrogens with two attached hydrogens (primary N) is 2. The number of nitrogens with one attached hydrogen (secondary N) is 1. The molecule has 0 bridgehead atoms. The van der Waals surface area contributed by atoms with E-state index in [0.717, 1.165) is 15.7 Å². The summed E-state index contributed by atoms with van der Waals surface area (Å²) in [4.78, 5) is 10.7. The number of rotatable bonds is 4. The average molecular weight is 272 g/mol. The summed E-state index contributed by atoms with van der Waals surface area (Å²) < 4.78 is 1.01. The Kier molecular flexibility index (Phi) is 4.11. The molecule has 5 heteroatoms. The molecule has 1 aromatic rings. The molecular formula is C10H14BrN3O. The Labute approximate surface area is 97.1 Å². The van der Waals surface area contributed by atoms with Crippen LogP contribution in [0.2, 0.25) is 0 Å². The number of benzene rings is 1. The maximum atomic E-state index is 10.7. The van der Waals surface area contributed by atoms with E-state index in [2.05, 4.69) is 21.2 Å². The molecule has 1 rings (SSSR count). The van der Waals surface area contributed by atoms with Gasteiger partial charge in [0.25, 0.3) is 0 Å². The fourth-order valence-electron chi connectivity index (χ4n) is 1.03. The van der Waals surface area contributed by atoms with Gasteiger partial charge in [-0.25, -0.2) is 0 Å². The first-order valence-electron chi connectivity index (χ1n) is 4.55. The third kappa shape index (κ3) is 3.53. The van der Waals surface area contributed by atoms with Crippen molar-refractivity contribution in [1.82, 2.24) is 0 Å². The Balaban J connectivity index is 2.58. The maximum Gasteiger partial charge on any atom is 0.236 e. The standard InChI is InChI=1S/C10H14BrN3O/c1-6-2-3-7(4-8(6)11)14-5-9(12)10(13)15/h2-4,9,14H,5,12H2,1H3,(H2,13,15). The molecule has 1 amide bonds. The van der Waals surface area contributed by atoms with Crippen molar-refractivity contribution in [1.29, 1.82) is 0 Å². The zero-order valence-corrected chi connectivity index (χ0v) is 10.0. The quantitative estimate of drug-likeness (QED) is 0.764. The fourth-order valence-corrected chi connectivity index (χ4v) is 1.41. The van der Waals surface area contributed by atoms with Crippen LogP contribution >= 0.6 is 15.9 Å². The van der Waals surface area contributed by atoms with Crippen molar-refractivity contribution in [3.8, 4) is 0 Å². The number of aryl methyl sites for hydroxylation is 1. The van der Waals surface area contributed by atoms with Gasteiger partial charge in [0.05, 0.1) is 0 Å². The Hall–Kier alpha value is -1.07. The lowest BCUT2D eigenvalue weighted by Crippen LogP contribution is -2.41. The van der Waals surface area contributed by atoms with Crippen LogP contribution in [-0.2, 0) is 4.79 Å². The summed E-state index contributed by atoms with van der Waals surface area (Å²) in [6, 6.07) is 5.17. The highest BCUT2D eigenvalue weighted by Crippen LogP contribution is 2.20. The molecule has 1 atom stereocenters. The van der Waals surface area contributed by atoms with E-state index >= 15 is 0 Å². The van der Waals surface area contributed by atoms with Crippen molar-refractivity contribution in [2.24, 2.45) is 11.5 Å². The van der Waals surface area contributed by atoms with E-state index in [1.165, 1.54) is 0 Å². The number of carbonyl (C=O) groups is 1. The molecule has 4 nitrogen and oxygen atoms in total. The van der Waals surface area contributed by atoms with Gasteiger partial charge in [-0.15, -0.1) is 0 Å². The summed E-state index contributed by atoms with van der Waals surface area (Å²) in [5, 5.41) is 3.04. The number of anilines is 1. The Bertz CT molecular complexity index is 368. The van der Waals surface area contributed by atoms with Gasteiger partial charge in [-0.3, -0.25) is 4.79 Å². The minimum atomic E-state index is -0.662. The number of hydrogen-bond donors (Lipinski definition) is 3. The van der Waals surface area contributed by atoms with Crippen LogP contribution in [-0.4, -0.2) is 18.5 Å². The summed E-state index contributed by atoms with van der Waals surface area (Å²) in [6.07, 6.45) is 0. The minimum Gasteiger partial charge on any atom is -0.383 e. The van der Waals surface area contributed by atoms with Crippen LogP contribution in [0.25, 0.3) is 0 Å². The first-order chi connectivity index (χ1) is 7.00. The number of halogens is 1. The highest BCUT2D eigenvalue weighted by molar-refractivity contribution is 9.10. The molecular weight excluding hydrogens is 258 g/mol. The Morgan fingerprint density at radius 2 is 2.27 bits per heavy atom. The summed E-state index contributed by atoms with van der Waals surface area (Å²) in [5.74, 6) is -0.506. The number of carbonyl (C=O) groups excluding carboxylic acids is 1. The highest BCUT2D eigenvalue weighted by atomic mass is 79.9. The van der Waals surface area contributed by atoms with Gasteiger partial charge in [-0.05, 0) is 24.6 Å². The molecule has 0 aliphatic rings. The Morgan fingerprint density at radius 3 is 2.80 bits per heavy atom. The lowest BCUT2D eigenvalue weighted by atomic mass is 10.2. The average Bonchev–Trinajstić information content (AvgIpc) is 2.19. The summed E-state index contributed by atoms with van der Waals surface area (Å²) in [5.41, 5.74) is 12.6. The van der Waals surface area contributed by atoms with Gasteiger partial charge in [0.15, 0.2) is 0 Å². The van der Waals surface area contributed by atoms with Gasteiger partial charge in [0.2, 0.25) is 5.91 Å². The normalized spacial score (nSPS) is 12.2. The minimum absolute atomic E-state index is 0.338. The predicted molar refractivity (Wildman–Crippen MR) is 64.5 cm³/mol. The van der Waals surface area contributed by atoms with E-state index in [1.807, 2.05) is 25.1 Å². The monoisotopic (exact) mass is 271 g/mol. The number of hydrogen-bond acceptors (Lipinski definition) is 3. The van der Waals surface area contributed by atoms with Gasteiger partial charge >= 0.3 is 0 Å². The molecule has 0 aliphatic carbocycles. The zero-order valence-electron chi connectivity index (χ0n) is 8.46. The third-order valence-corrected chi connectivity index (χ3v) is 2.92. The van der Waals surface area contributed by atoms with Gasteiger partial charge in [-0.2, -0.15) is 0 Å². The third-order valence-electron chi connectivity index (χ3n) is 2.06. The number of amides is 1. The molecule has 0 aromatic heterocycles. The summed E-state index contributed by atoms with van der Waals surface area (Å²) in [6.45, 7) is 2.34. The molecule has 0 spiro atoms. The van der Waals surface area contributed by atoms with Gasteiger partial charge in [-0.1, -0.05) is 22.0 Å². The first kappa shape index (κ1) is 12.0. The number of primary amides is 1. The SMILES string of the molecule is Cc1ccc(NCC(N)C(N)=O)cc1Br. The molecule has 0 fully saturated rings. The van der Waals surface area contributed by atoms with Crippen molar-refractivity contribution >= 4 is 27.5 Å². The second-order valence-corrected chi connectivity index (χ2v) is 4.21. The molecule has 0 saturated heterocycles. The van der Waals surface area contributed by atoms with E-state index in [-0.39, 0.29) is 0 Å². The molecule has 15 heavy (non-hydrogen) atoms.